The first-order valence-electron chi connectivity index (χ1n) is 6.50. The molecule has 104 valence electrons. The fraction of sp³-hybridized carbons (Fsp3) is 0.312. The van der Waals surface area contributed by atoms with Crippen LogP contribution in [-0.2, 0) is 6.42 Å². The number of halogens is 1. The minimum atomic E-state index is 0.230. The van der Waals surface area contributed by atoms with Gasteiger partial charge in [0, 0.05) is 15.0 Å². The third kappa shape index (κ3) is 3.03. The van der Waals surface area contributed by atoms with E-state index in [1.54, 1.807) is 23.1 Å². The molecule has 1 aromatic heterocycles. The largest absolute Gasteiger partial charge is 0.192 e. The zero-order chi connectivity index (χ0) is 14.7. The summed E-state index contributed by atoms with van der Waals surface area (Å²) in [7, 11) is 0. The topological polar surface area (TPSA) is 23.8 Å². The van der Waals surface area contributed by atoms with Gasteiger partial charge in [-0.25, -0.2) is 0 Å². The molecule has 0 N–H and O–H groups in total. The van der Waals surface area contributed by atoms with Crippen LogP contribution in [0.2, 0.25) is 5.02 Å². The Morgan fingerprint density at radius 3 is 2.80 bits per heavy atom. The second-order valence-electron chi connectivity index (χ2n) is 4.58. The molecule has 1 aromatic carbocycles. The molecule has 4 heteroatoms. The first-order valence-corrected chi connectivity index (χ1v) is 8.64. The fourth-order valence-electron chi connectivity index (χ4n) is 2.19. The van der Waals surface area contributed by atoms with Gasteiger partial charge in [-0.15, -0.1) is 23.1 Å². The predicted octanol–water partition coefficient (Wildman–Crippen LogP) is 6.00. The minimum absolute atomic E-state index is 0.230. The van der Waals surface area contributed by atoms with E-state index in [0.717, 1.165) is 26.8 Å². The Kier molecular flexibility index (Phi) is 5.15. The maximum atomic E-state index is 9.13. The molecule has 1 nitrogen and oxygen atoms in total. The lowest BCUT2D eigenvalue weighted by Crippen LogP contribution is -1.94. The summed E-state index contributed by atoms with van der Waals surface area (Å²) >= 11 is 9.73. The van der Waals surface area contributed by atoms with Crippen molar-refractivity contribution in [2.24, 2.45) is 0 Å². The summed E-state index contributed by atoms with van der Waals surface area (Å²) in [5.74, 6) is 0. The number of aryl methyl sites for hydroxylation is 1. The van der Waals surface area contributed by atoms with Crippen LogP contribution < -0.4 is 0 Å². The van der Waals surface area contributed by atoms with Crippen LogP contribution in [0, 0.1) is 18.3 Å². The van der Waals surface area contributed by atoms with Crippen molar-refractivity contribution in [2.45, 2.75) is 37.3 Å². The molecule has 0 fully saturated rings. The van der Waals surface area contributed by atoms with Crippen LogP contribution in [-0.4, -0.2) is 0 Å². The van der Waals surface area contributed by atoms with E-state index >= 15 is 0 Å². The van der Waals surface area contributed by atoms with Gasteiger partial charge in [0.15, 0.2) is 0 Å². The Morgan fingerprint density at radius 1 is 1.40 bits per heavy atom. The molecule has 0 saturated carbocycles. The zero-order valence-corrected chi connectivity index (χ0v) is 14.1. The van der Waals surface area contributed by atoms with Crippen LogP contribution in [0.25, 0.3) is 0 Å². The molecule has 0 radical (unpaired) electrons. The number of benzene rings is 1. The van der Waals surface area contributed by atoms with E-state index in [2.05, 4.69) is 32.9 Å². The Morgan fingerprint density at radius 2 is 2.15 bits per heavy atom. The van der Waals surface area contributed by atoms with Crippen molar-refractivity contribution in [3.63, 3.8) is 0 Å². The van der Waals surface area contributed by atoms with E-state index in [-0.39, 0.29) is 5.25 Å². The molecule has 0 spiro atoms. The maximum Gasteiger partial charge on any atom is 0.100 e. The van der Waals surface area contributed by atoms with Gasteiger partial charge in [-0.2, -0.15) is 5.26 Å². The van der Waals surface area contributed by atoms with E-state index in [0.29, 0.717) is 0 Å². The fourth-order valence-corrected chi connectivity index (χ4v) is 4.69. The number of rotatable bonds is 4. The van der Waals surface area contributed by atoms with Crippen LogP contribution >= 0.6 is 34.7 Å². The van der Waals surface area contributed by atoms with Crippen LogP contribution in [0.4, 0.5) is 0 Å². The van der Waals surface area contributed by atoms with Crippen molar-refractivity contribution in [1.82, 2.24) is 0 Å². The molecule has 0 saturated heterocycles. The molecular formula is C16H16ClNS2. The Labute approximate surface area is 133 Å². The molecule has 2 aromatic rings. The van der Waals surface area contributed by atoms with Gasteiger partial charge in [0.25, 0.3) is 0 Å². The van der Waals surface area contributed by atoms with Crippen molar-refractivity contribution < 1.29 is 0 Å². The Balaban J connectivity index is 2.33. The van der Waals surface area contributed by atoms with Crippen LogP contribution in [0.5, 0.6) is 0 Å². The van der Waals surface area contributed by atoms with Gasteiger partial charge in [0.2, 0.25) is 0 Å². The van der Waals surface area contributed by atoms with Crippen molar-refractivity contribution in [1.29, 1.82) is 5.26 Å². The van der Waals surface area contributed by atoms with E-state index in [9.17, 15) is 0 Å². The first-order chi connectivity index (χ1) is 9.58. The summed E-state index contributed by atoms with van der Waals surface area (Å²) in [4.78, 5) is 2.26. The Bertz CT molecular complexity index is 655. The standard InChI is InChI=1S/C16H16ClNS2/c1-4-12-5-6-14(17)15(10(12)2)20-11(3)16-13(9-18)7-8-19-16/h5-8,11H,4H2,1-3H3. The average Bonchev–Trinajstić information content (AvgIpc) is 2.92. The highest BCUT2D eigenvalue weighted by Gasteiger charge is 2.17. The summed E-state index contributed by atoms with van der Waals surface area (Å²) < 4.78 is 0. The number of thiophene rings is 1. The lowest BCUT2D eigenvalue weighted by atomic mass is 10.1. The highest BCUT2D eigenvalue weighted by Crippen LogP contribution is 2.43. The van der Waals surface area contributed by atoms with Crippen LogP contribution in [0.15, 0.2) is 28.5 Å². The summed E-state index contributed by atoms with van der Waals surface area (Å²) in [6.45, 7) is 6.41. The molecule has 20 heavy (non-hydrogen) atoms. The first kappa shape index (κ1) is 15.4. The quantitative estimate of drug-likeness (QED) is 0.645. The van der Waals surface area contributed by atoms with Crippen molar-refractivity contribution >= 4 is 34.7 Å². The molecule has 0 amide bonds. The molecule has 2 rings (SSSR count). The van der Waals surface area contributed by atoms with Crippen molar-refractivity contribution in [2.75, 3.05) is 0 Å². The number of thioether (sulfide) groups is 1. The van der Waals surface area contributed by atoms with E-state index in [1.165, 1.54) is 11.1 Å². The highest BCUT2D eigenvalue weighted by atomic mass is 35.5. The van der Waals surface area contributed by atoms with Crippen molar-refractivity contribution in [3.05, 3.63) is 50.2 Å². The van der Waals surface area contributed by atoms with Gasteiger partial charge in [0.1, 0.15) is 6.07 Å². The van der Waals surface area contributed by atoms with E-state index < -0.39 is 0 Å². The number of nitriles is 1. The zero-order valence-electron chi connectivity index (χ0n) is 11.7. The average molecular weight is 322 g/mol. The van der Waals surface area contributed by atoms with Gasteiger partial charge in [0.05, 0.1) is 10.6 Å². The van der Waals surface area contributed by atoms with Gasteiger partial charge < -0.3 is 0 Å². The summed E-state index contributed by atoms with van der Waals surface area (Å²) in [6, 6.07) is 8.21. The lowest BCUT2D eigenvalue weighted by Gasteiger charge is -2.16. The molecule has 1 atom stereocenters. The third-order valence-electron chi connectivity index (χ3n) is 3.33. The SMILES string of the molecule is CCc1ccc(Cl)c(SC(C)c2sccc2C#N)c1C. The number of nitrogens with zero attached hydrogens (tertiary/aromatic N) is 1. The third-order valence-corrected chi connectivity index (χ3v) is 6.36. The highest BCUT2D eigenvalue weighted by molar-refractivity contribution is 7.99. The summed E-state index contributed by atoms with van der Waals surface area (Å²) in [5, 5.41) is 12.1. The molecule has 0 aliphatic carbocycles. The maximum absolute atomic E-state index is 9.13. The minimum Gasteiger partial charge on any atom is -0.192 e. The molecular weight excluding hydrogens is 306 g/mol. The molecule has 1 unspecified atom stereocenters. The Hall–Kier alpha value is -0.950. The lowest BCUT2D eigenvalue weighted by molar-refractivity contribution is 1.07. The van der Waals surface area contributed by atoms with Crippen molar-refractivity contribution in [3.8, 4) is 6.07 Å². The molecule has 1 heterocycles. The smallest absolute Gasteiger partial charge is 0.100 e. The van der Waals surface area contributed by atoms with Gasteiger partial charge >= 0.3 is 0 Å². The molecule has 0 bridgehead atoms. The predicted molar refractivity (Wildman–Crippen MR) is 88.9 cm³/mol. The monoisotopic (exact) mass is 321 g/mol. The second-order valence-corrected chi connectivity index (χ2v) is 7.29. The van der Waals surface area contributed by atoms with E-state index in [1.807, 2.05) is 17.5 Å². The summed E-state index contributed by atoms with van der Waals surface area (Å²) in [6.07, 6.45) is 1.01. The van der Waals surface area contributed by atoms with Gasteiger partial charge in [-0.1, -0.05) is 24.6 Å². The number of hydrogen-bond donors (Lipinski definition) is 0. The van der Waals surface area contributed by atoms with Crippen LogP contribution in [0.1, 0.15) is 40.7 Å². The van der Waals surface area contributed by atoms with Gasteiger partial charge in [-0.05, 0) is 48.9 Å². The number of hydrogen-bond acceptors (Lipinski definition) is 3. The van der Waals surface area contributed by atoms with Crippen LogP contribution in [0.3, 0.4) is 0 Å². The molecule has 0 aliphatic heterocycles. The molecule has 0 aliphatic rings. The summed E-state index contributed by atoms with van der Waals surface area (Å²) in [5.41, 5.74) is 3.36. The normalized spacial score (nSPS) is 12.2. The second kappa shape index (κ2) is 6.67. The van der Waals surface area contributed by atoms with E-state index in [4.69, 9.17) is 16.9 Å². The van der Waals surface area contributed by atoms with Gasteiger partial charge in [-0.3, -0.25) is 0 Å².